The minimum Gasteiger partial charge on any atom is -0.497 e. The van der Waals surface area contributed by atoms with E-state index in [4.69, 9.17) is 9.84 Å². The van der Waals surface area contributed by atoms with E-state index < -0.39 is 0 Å². The van der Waals surface area contributed by atoms with Gasteiger partial charge in [-0.05, 0) is 63.4 Å². The average molecular weight is 421 g/mol. The maximum Gasteiger partial charge on any atom is 0.317 e. The highest BCUT2D eigenvalue weighted by Crippen LogP contribution is 2.21. The summed E-state index contributed by atoms with van der Waals surface area (Å²) in [6.07, 6.45) is 0.736. The van der Waals surface area contributed by atoms with Gasteiger partial charge in [0.1, 0.15) is 5.75 Å². The second-order valence-electron chi connectivity index (χ2n) is 8.11. The van der Waals surface area contributed by atoms with Gasteiger partial charge in [0.25, 0.3) is 0 Å². The summed E-state index contributed by atoms with van der Waals surface area (Å²) < 4.78 is 7.25. The molecule has 2 amide bonds. The van der Waals surface area contributed by atoms with Crippen molar-refractivity contribution in [2.45, 2.75) is 46.7 Å². The van der Waals surface area contributed by atoms with Crippen LogP contribution in [0.4, 0.5) is 4.79 Å². The van der Waals surface area contributed by atoms with Crippen molar-refractivity contribution in [3.63, 3.8) is 0 Å². The first kappa shape index (κ1) is 22.4. The van der Waals surface area contributed by atoms with Crippen molar-refractivity contribution < 1.29 is 9.53 Å². The Hall–Kier alpha value is -3.28. The fraction of sp³-hybridized carbons (Fsp3) is 0.360. The number of amides is 2. The summed E-state index contributed by atoms with van der Waals surface area (Å²) in [7, 11) is 3.47. The van der Waals surface area contributed by atoms with Gasteiger partial charge in [0, 0.05) is 24.3 Å². The number of hydrogen-bond acceptors (Lipinski definition) is 3. The second kappa shape index (κ2) is 9.69. The molecule has 0 saturated carbocycles. The van der Waals surface area contributed by atoms with E-state index in [9.17, 15) is 4.79 Å². The number of aryl methyl sites for hydroxylation is 2. The normalized spacial score (nSPS) is 11.8. The zero-order valence-electron chi connectivity index (χ0n) is 19.3. The van der Waals surface area contributed by atoms with E-state index in [-0.39, 0.29) is 12.1 Å². The number of hydrogen-bond donors (Lipinski definition) is 1. The zero-order valence-corrected chi connectivity index (χ0v) is 19.3. The van der Waals surface area contributed by atoms with Gasteiger partial charge >= 0.3 is 6.03 Å². The molecule has 164 valence electrons. The lowest BCUT2D eigenvalue weighted by Crippen LogP contribution is -2.42. The molecule has 3 aromatic rings. The standard InChI is InChI=1S/C25H32N4O2/c1-17-10-7-8-13-24(17)29-20(4)23(19(3)27-29)16-28(5)25(30)26-18(2)14-21-11-9-12-22(15-21)31-6/h7-13,15,18H,14,16H2,1-6H3,(H,26,30). The molecule has 3 rings (SSSR count). The first-order chi connectivity index (χ1) is 14.8. The molecular weight excluding hydrogens is 388 g/mol. The lowest BCUT2D eigenvalue weighted by molar-refractivity contribution is 0.203. The van der Waals surface area contributed by atoms with E-state index in [1.165, 1.54) is 0 Å². The van der Waals surface area contributed by atoms with E-state index in [2.05, 4.69) is 31.3 Å². The van der Waals surface area contributed by atoms with E-state index in [0.717, 1.165) is 45.9 Å². The molecule has 1 unspecified atom stereocenters. The SMILES string of the molecule is COc1cccc(CC(C)NC(=O)N(C)Cc2c(C)nn(-c3ccccc3C)c2C)c1. The average Bonchev–Trinajstić information content (AvgIpc) is 3.02. The van der Waals surface area contributed by atoms with Crippen LogP contribution in [-0.4, -0.2) is 40.9 Å². The Labute approximate surface area is 184 Å². The number of carbonyl (C=O) groups is 1. The number of urea groups is 1. The molecule has 0 fully saturated rings. The Morgan fingerprint density at radius 1 is 1.16 bits per heavy atom. The maximum atomic E-state index is 12.8. The first-order valence-electron chi connectivity index (χ1n) is 10.6. The van der Waals surface area contributed by atoms with Gasteiger partial charge in [-0.25, -0.2) is 9.48 Å². The smallest absolute Gasteiger partial charge is 0.317 e. The van der Waals surface area contributed by atoms with Crippen molar-refractivity contribution in [1.29, 1.82) is 0 Å². The van der Waals surface area contributed by atoms with Crippen molar-refractivity contribution in [2.24, 2.45) is 0 Å². The fourth-order valence-corrected chi connectivity index (χ4v) is 3.77. The summed E-state index contributed by atoms with van der Waals surface area (Å²) in [5, 5.41) is 7.82. The van der Waals surface area contributed by atoms with Crippen molar-refractivity contribution in [1.82, 2.24) is 20.0 Å². The van der Waals surface area contributed by atoms with Gasteiger partial charge in [0.2, 0.25) is 0 Å². The van der Waals surface area contributed by atoms with Gasteiger partial charge in [-0.1, -0.05) is 30.3 Å². The van der Waals surface area contributed by atoms with Crippen LogP contribution < -0.4 is 10.1 Å². The molecule has 1 heterocycles. The molecule has 1 aromatic heterocycles. The molecule has 6 nitrogen and oxygen atoms in total. The molecule has 31 heavy (non-hydrogen) atoms. The summed E-state index contributed by atoms with van der Waals surface area (Å²) >= 11 is 0. The van der Waals surface area contributed by atoms with Gasteiger partial charge in [0.15, 0.2) is 0 Å². The molecule has 1 N–H and O–H groups in total. The highest BCUT2D eigenvalue weighted by molar-refractivity contribution is 5.74. The van der Waals surface area contributed by atoms with Crippen LogP contribution in [0.15, 0.2) is 48.5 Å². The Morgan fingerprint density at radius 2 is 1.90 bits per heavy atom. The number of methoxy groups -OCH3 is 1. The molecule has 0 aliphatic rings. The van der Waals surface area contributed by atoms with Crippen LogP contribution in [-0.2, 0) is 13.0 Å². The van der Waals surface area contributed by atoms with Crippen LogP contribution >= 0.6 is 0 Å². The van der Waals surface area contributed by atoms with Crippen LogP contribution in [0, 0.1) is 20.8 Å². The molecule has 1 atom stereocenters. The van der Waals surface area contributed by atoms with Crippen LogP contribution in [0.3, 0.4) is 0 Å². The van der Waals surface area contributed by atoms with Crippen LogP contribution in [0.1, 0.15) is 35.0 Å². The second-order valence-corrected chi connectivity index (χ2v) is 8.11. The number of nitrogens with one attached hydrogen (secondary N) is 1. The van der Waals surface area contributed by atoms with Crippen LogP contribution in [0.5, 0.6) is 5.75 Å². The Balaban J connectivity index is 1.66. The van der Waals surface area contributed by atoms with Crippen LogP contribution in [0.25, 0.3) is 5.69 Å². The number of benzene rings is 2. The van der Waals surface area contributed by atoms with Gasteiger partial charge in [-0.2, -0.15) is 5.10 Å². The zero-order chi connectivity index (χ0) is 22.5. The number of para-hydroxylation sites is 1. The summed E-state index contributed by atoms with van der Waals surface area (Å²) in [5.74, 6) is 0.824. The van der Waals surface area contributed by atoms with E-state index >= 15 is 0 Å². The number of carbonyl (C=O) groups excluding carboxylic acids is 1. The maximum absolute atomic E-state index is 12.8. The Morgan fingerprint density at radius 3 is 2.61 bits per heavy atom. The molecule has 2 aromatic carbocycles. The third-order valence-corrected chi connectivity index (χ3v) is 5.57. The van der Waals surface area contributed by atoms with E-state index in [1.807, 2.05) is 62.0 Å². The largest absolute Gasteiger partial charge is 0.497 e. The fourth-order valence-electron chi connectivity index (χ4n) is 3.77. The minimum atomic E-state index is -0.0992. The topological polar surface area (TPSA) is 59.4 Å². The Kier molecular flexibility index (Phi) is 7.00. The summed E-state index contributed by atoms with van der Waals surface area (Å²) in [6.45, 7) is 8.64. The van der Waals surface area contributed by atoms with Crippen LogP contribution in [0.2, 0.25) is 0 Å². The molecule has 0 saturated heterocycles. The van der Waals surface area contributed by atoms with E-state index in [0.29, 0.717) is 6.54 Å². The number of nitrogens with zero attached hydrogens (tertiary/aromatic N) is 3. The van der Waals surface area contributed by atoms with Gasteiger partial charge < -0.3 is 15.0 Å². The van der Waals surface area contributed by atoms with Gasteiger partial charge in [-0.3, -0.25) is 0 Å². The predicted molar refractivity (Wildman–Crippen MR) is 124 cm³/mol. The molecular formula is C25H32N4O2. The van der Waals surface area contributed by atoms with Gasteiger partial charge in [-0.15, -0.1) is 0 Å². The molecule has 6 heteroatoms. The quantitative estimate of drug-likeness (QED) is 0.609. The van der Waals surface area contributed by atoms with Crippen molar-refractivity contribution in [2.75, 3.05) is 14.2 Å². The molecule has 0 bridgehead atoms. The third kappa shape index (κ3) is 5.26. The summed E-state index contributed by atoms with van der Waals surface area (Å²) in [6, 6.07) is 16.0. The first-order valence-corrected chi connectivity index (χ1v) is 10.6. The van der Waals surface area contributed by atoms with Crippen molar-refractivity contribution in [3.05, 3.63) is 76.6 Å². The lowest BCUT2D eigenvalue weighted by Gasteiger charge is -2.22. The minimum absolute atomic E-state index is 0.000980. The highest BCUT2D eigenvalue weighted by atomic mass is 16.5. The van der Waals surface area contributed by atoms with Crippen molar-refractivity contribution >= 4 is 6.03 Å². The number of aromatic nitrogens is 2. The number of rotatable bonds is 7. The molecule has 0 radical (unpaired) electrons. The third-order valence-electron chi connectivity index (χ3n) is 5.57. The predicted octanol–water partition coefficient (Wildman–Crippen LogP) is 4.58. The lowest BCUT2D eigenvalue weighted by atomic mass is 10.1. The van der Waals surface area contributed by atoms with E-state index in [1.54, 1.807) is 12.0 Å². The monoisotopic (exact) mass is 420 g/mol. The molecule has 0 aliphatic carbocycles. The highest BCUT2D eigenvalue weighted by Gasteiger charge is 2.19. The summed E-state index contributed by atoms with van der Waals surface area (Å²) in [4.78, 5) is 14.5. The number of ether oxygens (including phenoxy) is 1. The molecule has 0 spiro atoms. The summed E-state index contributed by atoms with van der Waals surface area (Å²) in [5.41, 5.74) is 6.41. The van der Waals surface area contributed by atoms with Crippen molar-refractivity contribution in [3.8, 4) is 11.4 Å². The Bertz CT molecular complexity index is 1060. The molecule has 0 aliphatic heterocycles. The van der Waals surface area contributed by atoms with Gasteiger partial charge in [0.05, 0.1) is 25.0 Å².